The van der Waals surface area contributed by atoms with Crippen molar-refractivity contribution in [3.05, 3.63) is 29.3 Å². The van der Waals surface area contributed by atoms with Crippen molar-refractivity contribution in [2.45, 2.75) is 52.9 Å². The van der Waals surface area contributed by atoms with Crippen LogP contribution in [0, 0.1) is 5.41 Å². The van der Waals surface area contributed by atoms with Gasteiger partial charge in [0.15, 0.2) is 0 Å². The standard InChI is InChI=1S/C16H24O/c1-16(2,3)10-11-17-15-9-8-13-6-4-5-7-14(13)12-15/h8-9,12H,4-7,10-11H2,1-3H3. The Balaban J connectivity index is 1.93. The summed E-state index contributed by atoms with van der Waals surface area (Å²) < 4.78 is 5.85. The third-order valence-electron chi connectivity index (χ3n) is 3.44. The van der Waals surface area contributed by atoms with Crippen molar-refractivity contribution in [1.82, 2.24) is 0 Å². The molecular weight excluding hydrogens is 208 g/mol. The molecule has 0 saturated carbocycles. The number of hydrogen-bond donors (Lipinski definition) is 0. The van der Waals surface area contributed by atoms with Crippen LogP contribution in [0.1, 0.15) is 51.2 Å². The zero-order valence-corrected chi connectivity index (χ0v) is 11.4. The maximum Gasteiger partial charge on any atom is 0.119 e. The first-order valence-electron chi connectivity index (χ1n) is 6.79. The zero-order valence-electron chi connectivity index (χ0n) is 11.4. The highest BCUT2D eigenvalue weighted by atomic mass is 16.5. The molecule has 0 aromatic heterocycles. The fraction of sp³-hybridized carbons (Fsp3) is 0.625. The van der Waals surface area contributed by atoms with E-state index >= 15 is 0 Å². The first-order valence-corrected chi connectivity index (χ1v) is 6.79. The smallest absolute Gasteiger partial charge is 0.119 e. The molecule has 0 saturated heterocycles. The molecule has 1 aromatic rings. The number of ether oxygens (including phenoxy) is 1. The Kier molecular flexibility index (Phi) is 3.76. The Hall–Kier alpha value is -0.980. The minimum atomic E-state index is 0.355. The van der Waals surface area contributed by atoms with Gasteiger partial charge in [-0.05, 0) is 60.8 Å². The van der Waals surface area contributed by atoms with E-state index in [0.29, 0.717) is 5.41 Å². The van der Waals surface area contributed by atoms with E-state index < -0.39 is 0 Å². The second-order valence-corrected chi connectivity index (χ2v) is 6.30. The fourth-order valence-corrected chi connectivity index (χ4v) is 2.27. The lowest BCUT2D eigenvalue weighted by Crippen LogP contribution is -2.11. The minimum absolute atomic E-state index is 0.355. The van der Waals surface area contributed by atoms with Crippen LogP contribution in [0.2, 0.25) is 0 Å². The molecule has 0 spiro atoms. The molecule has 0 fully saturated rings. The lowest BCUT2D eigenvalue weighted by atomic mass is 9.91. The first-order chi connectivity index (χ1) is 8.04. The molecule has 0 N–H and O–H groups in total. The molecule has 2 rings (SSSR count). The Bertz CT molecular complexity index is 374. The van der Waals surface area contributed by atoms with Crippen molar-refractivity contribution in [1.29, 1.82) is 0 Å². The van der Waals surface area contributed by atoms with E-state index in [9.17, 15) is 0 Å². The van der Waals surface area contributed by atoms with Gasteiger partial charge in [0.1, 0.15) is 5.75 Å². The minimum Gasteiger partial charge on any atom is -0.494 e. The summed E-state index contributed by atoms with van der Waals surface area (Å²) in [4.78, 5) is 0. The summed E-state index contributed by atoms with van der Waals surface area (Å²) >= 11 is 0. The second kappa shape index (κ2) is 5.12. The van der Waals surface area contributed by atoms with Gasteiger partial charge in [0.25, 0.3) is 0 Å². The topological polar surface area (TPSA) is 9.23 Å². The molecule has 94 valence electrons. The summed E-state index contributed by atoms with van der Waals surface area (Å²) in [6.07, 6.45) is 6.25. The van der Waals surface area contributed by atoms with Crippen molar-refractivity contribution in [3.8, 4) is 5.75 Å². The first kappa shape index (κ1) is 12.5. The van der Waals surface area contributed by atoms with Gasteiger partial charge in [0.05, 0.1) is 6.61 Å². The molecule has 1 aliphatic rings. The van der Waals surface area contributed by atoms with Crippen molar-refractivity contribution < 1.29 is 4.74 Å². The van der Waals surface area contributed by atoms with Gasteiger partial charge in [-0.25, -0.2) is 0 Å². The molecule has 1 aliphatic carbocycles. The quantitative estimate of drug-likeness (QED) is 0.751. The van der Waals surface area contributed by atoms with E-state index in [1.165, 1.54) is 36.8 Å². The normalized spacial score (nSPS) is 15.5. The Labute approximate surface area is 105 Å². The average Bonchev–Trinajstić information content (AvgIpc) is 2.27. The summed E-state index contributed by atoms with van der Waals surface area (Å²) in [6, 6.07) is 6.63. The van der Waals surface area contributed by atoms with Gasteiger partial charge in [0, 0.05) is 0 Å². The van der Waals surface area contributed by atoms with Crippen LogP contribution in [0.5, 0.6) is 5.75 Å². The number of fused-ring (bicyclic) bond motifs is 1. The number of benzene rings is 1. The van der Waals surface area contributed by atoms with E-state index in [1.807, 2.05) is 0 Å². The van der Waals surface area contributed by atoms with Crippen LogP contribution in [0.15, 0.2) is 18.2 Å². The molecule has 0 bridgehead atoms. The van der Waals surface area contributed by atoms with Gasteiger partial charge < -0.3 is 4.74 Å². The van der Waals surface area contributed by atoms with Crippen LogP contribution >= 0.6 is 0 Å². The molecule has 0 heterocycles. The predicted octanol–water partition coefficient (Wildman–Crippen LogP) is 4.38. The maximum atomic E-state index is 5.85. The molecule has 0 radical (unpaired) electrons. The van der Waals surface area contributed by atoms with Crippen molar-refractivity contribution in [3.63, 3.8) is 0 Å². The van der Waals surface area contributed by atoms with E-state index in [0.717, 1.165) is 18.8 Å². The fourth-order valence-electron chi connectivity index (χ4n) is 2.27. The van der Waals surface area contributed by atoms with Gasteiger partial charge >= 0.3 is 0 Å². The Morgan fingerprint density at radius 3 is 2.47 bits per heavy atom. The summed E-state index contributed by atoms with van der Waals surface area (Å²) in [6.45, 7) is 7.58. The molecule has 0 amide bonds. The molecule has 17 heavy (non-hydrogen) atoms. The van der Waals surface area contributed by atoms with Gasteiger partial charge in [-0.2, -0.15) is 0 Å². The largest absolute Gasteiger partial charge is 0.494 e. The van der Waals surface area contributed by atoms with Crippen LogP contribution in [0.25, 0.3) is 0 Å². The number of aryl methyl sites for hydroxylation is 2. The van der Waals surface area contributed by atoms with Crippen LogP contribution in [0.4, 0.5) is 0 Å². The lowest BCUT2D eigenvalue weighted by Gasteiger charge is -2.20. The van der Waals surface area contributed by atoms with Crippen molar-refractivity contribution >= 4 is 0 Å². The van der Waals surface area contributed by atoms with Crippen LogP contribution < -0.4 is 4.74 Å². The summed E-state index contributed by atoms with van der Waals surface area (Å²) in [5.41, 5.74) is 3.39. The van der Waals surface area contributed by atoms with E-state index in [1.54, 1.807) is 0 Å². The molecule has 1 aromatic carbocycles. The summed E-state index contributed by atoms with van der Waals surface area (Å²) in [5.74, 6) is 1.05. The van der Waals surface area contributed by atoms with Crippen LogP contribution in [-0.2, 0) is 12.8 Å². The lowest BCUT2D eigenvalue weighted by molar-refractivity contribution is 0.243. The van der Waals surface area contributed by atoms with Gasteiger partial charge in [-0.3, -0.25) is 0 Å². The van der Waals surface area contributed by atoms with Crippen molar-refractivity contribution in [2.75, 3.05) is 6.61 Å². The maximum absolute atomic E-state index is 5.85. The Morgan fingerprint density at radius 1 is 1.06 bits per heavy atom. The van der Waals surface area contributed by atoms with Crippen LogP contribution in [0.3, 0.4) is 0 Å². The highest BCUT2D eigenvalue weighted by Crippen LogP contribution is 2.26. The predicted molar refractivity (Wildman–Crippen MR) is 72.7 cm³/mol. The summed E-state index contributed by atoms with van der Waals surface area (Å²) in [7, 11) is 0. The third-order valence-corrected chi connectivity index (χ3v) is 3.44. The van der Waals surface area contributed by atoms with Crippen LogP contribution in [-0.4, -0.2) is 6.61 Å². The highest BCUT2D eigenvalue weighted by Gasteiger charge is 2.12. The molecular formula is C16H24O. The second-order valence-electron chi connectivity index (χ2n) is 6.30. The van der Waals surface area contributed by atoms with E-state index in [-0.39, 0.29) is 0 Å². The number of rotatable bonds is 3. The van der Waals surface area contributed by atoms with E-state index in [4.69, 9.17) is 4.74 Å². The molecule has 0 aliphatic heterocycles. The van der Waals surface area contributed by atoms with Gasteiger partial charge in [-0.1, -0.05) is 26.8 Å². The third kappa shape index (κ3) is 3.76. The molecule has 1 nitrogen and oxygen atoms in total. The summed E-state index contributed by atoms with van der Waals surface area (Å²) in [5, 5.41) is 0. The van der Waals surface area contributed by atoms with E-state index in [2.05, 4.69) is 39.0 Å². The van der Waals surface area contributed by atoms with Crippen molar-refractivity contribution in [2.24, 2.45) is 5.41 Å². The molecule has 1 heteroatoms. The monoisotopic (exact) mass is 232 g/mol. The zero-order chi connectivity index (χ0) is 12.3. The molecule has 0 unspecified atom stereocenters. The SMILES string of the molecule is CC(C)(C)CCOc1ccc2c(c1)CCCC2. The average molecular weight is 232 g/mol. The molecule has 0 atom stereocenters. The number of hydrogen-bond acceptors (Lipinski definition) is 1. The Morgan fingerprint density at radius 2 is 1.76 bits per heavy atom. The highest BCUT2D eigenvalue weighted by molar-refractivity contribution is 5.37. The van der Waals surface area contributed by atoms with Gasteiger partial charge in [-0.15, -0.1) is 0 Å². The van der Waals surface area contributed by atoms with Gasteiger partial charge in [0.2, 0.25) is 0 Å².